The number of rotatable bonds is 7. The molecule has 3 aromatic carbocycles. The van der Waals surface area contributed by atoms with Crippen molar-refractivity contribution in [1.29, 1.82) is 0 Å². The molecule has 2 N–H and O–H groups in total. The highest BCUT2D eigenvalue weighted by molar-refractivity contribution is 6.42. The average Bonchev–Trinajstić information content (AvgIpc) is 2.90. The van der Waals surface area contributed by atoms with Gasteiger partial charge in [0, 0.05) is 12.0 Å². The first kappa shape index (κ1) is 27.2. The van der Waals surface area contributed by atoms with Gasteiger partial charge in [0.2, 0.25) is 0 Å². The van der Waals surface area contributed by atoms with Gasteiger partial charge in [0.15, 0.2) is 6.10 Å². The van der Waals surface area contributed by atoms with Crippen LogP contribution in [0.15, 0.2) is 72.8 Å². The third-order valence-corrected chi connectivity index (χ3v) is 7.01. The summed E-state index contributed by atoms with van der Waals surface area (Å²) in [5, 5.41) is 14.3. The zero-order valence-corrected chi connectivity index (χ0v) is 21.7. The fourth-order valence-electron chi connectivity index (χ4n) is 4.33. The first-order chi connectivity index (χ1) is 17.0. The molecule has 1 aliphatic rings. The molecule has 0 spiro atoms. The number of esters is 1. The van der Waals surface area contributed by atoms with Gasteiger partial charge in [-0.2, -0.15) is 0 Å². The van der Waals surface area contributed by atoms with Crippen LogP contribution in [0.5, 0.6) is 0 Å². The van der Waals surface area contributed by atoms with Crippen molar-refractivity contribution in [3.05, 3.63) is 105 Å². The van der Waals surface area contributed by atoms with Crippen LogP contribution in [0.1, 0.15) is 72.9 Å². The molecule has 0 radical (unpaired) electrons. The quantitative estimate of drug-likeness (QED) is 0.258. The Hall–Kier alpha value is -2.37. The van der Waals surface area contributed by atoms with Crippen LogP contribution in [0, 0.1) is 0 Å². The van der Waals surface area contributed by atoms with Crippen molar-refractivity contribution < 1.29 is 14.6 Å². The van der Waals surface area contributed by atoms with Crippen molar-refractivity contribution >= 4 is 29.2 Å². The molecule has 0 amide bonds. The zero-order chi connectivity index (χ0) is 25.2. The van der Waals surface area contributed by atoms with Crippen molar-refractivity contribution in [1.82, 2.24) is 5.32 Å². The lowest BCUT2D eigenvalue weighted by Gasteiger charge is -2.32. The number of aliphatic hydroxyl groups excluding tert-OH is 1. The second-order valence-corrected chi connectivity index (χ2v) is 9.42. The number of unbranched alkanes of at least 4 members (excludes halogenated alkanes) is 1. The molecule has 0 saturated heterocycles. The lowest BCUT2D eigenvalue weighted by Crippen LogP contribution is -2.24. The molecule has 0 aromatic heterocycles. The third-order valence-electron chi connectivity index (χ3n) is 6.27. The summed E-state index contributed by atoms with van der Waals surface area (Å²) >= 11 is 12.2. The standard InChI is InChI=1S/C17H17Cl2N.C12H16O3/c1-20-17-9-7-12(13-4-2-3-5-14(13)17)11-6-8-15(18)16(19)10-11;1-2-3-9-15-12(14)11(13)10-7-5-4-6-8-10/h2-6,8,10,12,17,20H,7,9H2,1H3;4-8,11,13H,2-3,9H2,1H3/t12-,17-;/m0./s1. The molecule has 186 valence electrons. The second kappa shape index (κ2) is 13.6. The molecule has 0 heterocycles. The van der Waals surface area contributed by atoms with Crippen LogP contribution >= 0.6 is 23.2 Å². The lowest BCUT2D eigenvalue weighted by molar-refractivity contribution is -0.154. The number of hydrogen-bond donors (Lipinski definition) is 2. The van der Waals surface area contributed by atoms with E-state index in [2.05, 4.69) is 35.6 Å². The second-order valence-electron chi connectivity index (χ2n) is 8.61. The molecule has 1 aliphatic carbocycles. The minimum atomic E-state index is -1.16. The molecular formula is C29H33Cl2NO3. The molecule has 3 aromatic rings. The molecule has 6 heteroatoms. The summed E-state index contributed by atoms with van der Waals surface area (Å²) in [6, 6.07) is 23.9. The van der Waals surface area contributed by atoms with Crippen LogP contribution in [0.2, 0.25) is 10.0 Å². The van der Waals surface area contributed by atoms with Gasteiger partial charge in [-0.25, -0.2) is 4.79 Å². The Morgan fingerprint density at radius 2 is 1.69 bits per heavy atom. The van der Waals surface area contributed by atoms with Crippen molar-refractivity contribution in [2.45, 2.75) is 50.7 Å². The Kier molecular flexibility index (Phi) is 10.6. The van der Waals surface area contributed by atoms with Crippen LogP contribution in [0.25, 0.3) is 0 Å². The minimum absolute atomic E-state index is 0.374. The van der Waals surface area contributed by atoms with Gasteiger partial charge in [-0.3, -0.25) is 0 Å². The summed E-state index contributed by atoms with van der Waals surface area (Å²) in [5.41, 5.74) is 4.62. The Balaban J connectivity index is 0.000000205. The summed E-state index contributed by atoms with van der Waals surface area (Å²) < 4.78 is 4.91. The number of aliphatic hydroxyl groups is 1. The number of benzene rings is 3. The van der Waals surface area contributed by atoms with E-state index in [9.17, 15) is 9.90 Å². The largest absolute Gasteiger partial charge is 0.464 e. The van der Waals surface area contributed by atoms with Gasteiger partial charge in [-0.1, -0.05) is 97.2 Å². The molecule has 0 aliphatic heterocycles. The predicted molar refractivity (Wildman–Crippen MR) is 143 cm³/mol. The molecular weight excluding hydrogens is 481 g/mol. The van der Waals surface area contributed by atoms with Gasteiger partial charge in [0.25, 0.3) is 0 Å². The Morgan fingerprint density at radius 1 is 1.00 bits per heavy atom. The van der Waals surface area contributed by atoms with E-state index in [0.29, 0.717) is 34.2 Å². The van der Waals surface area contributed by atoms with Gasteiger partial charge in [-0.15, -0.1) is 0 Å². The summed E-state index contributed by atoms with van der Waals surface area (Å²) in [6.45, 7) is 2.39. The van der Waals surface area contributed by atoms with Gasteiger partial charge in [0.1, 0.15) is 0 Å². The molecule has 1 unspecified atom stereocenters. The molecule has 0 bridgehead atoms. The van der Waals surface area contributed by atoms with Crippen LogP contribution in [-0.4, -0.2) is 24.7 Å². The van der Waals surface area contributed by atoms with E-state index in [-0.39, 0.29) is 0 Å². The Morgan fingerprint density at radius 3 is 2.34 bits per heavy atom. The Labute approximate surface area is 218 Å². The smallest absolute Gasteiger partial charge is 0.339 e. The first-order valence-electron chi connectivity index (χ1n) is 12.1. The van der Waals surface area contributed by atoms with Gasteiger partial charge >= 0.3 is 5.97 Å². The maximum atomic E-state index is 11.3. The summed E-state index contributed by atoms with van der Waals surface area (Å²) in [7, 11) is 2.03. The molecule has 35 heavy (non-hydrogen) atoms. The lowest BCUT2D eigenvalue weighted by atomic mass is 9.77. The molecule has 0 saturated carbocycles. The number of carbonyl (C=O) groups excluding carboxylic acids is 1. The Bertz CT molecular complexity index is 1090. The third kappa shape index (κ3) is 7.31. The number of carbonyl (C=O) groups is 1. The fraction of sp³-hybridized carbons (Fsp3) is 0.345. The highest BCUT2D eigenvalue weighted by atomic mass is 35.5. The van der Waals surface area contributed by atoms with Crippen molar-refractivity contribution in [3.63, 3.8) is 0 Å². The van der Waals surface area contributed by atoms with E-state index in [0.717, 1.165) is 25.7 Å². The maximum Gasteiger partial charge on any atom is 0.339 e. The SMILES string of the molecule is CCCCOC(=O)C(O)c1ccccc1.CN[C@H]1CC[C@@H](c2ccc(Cl)c(Cl)c2)c2ccccc21. The summed E-state index contributed by atoms with van der Waals surface area (Å²) in [5.74, 6) is -0.166. The van der Waals surface area contributed by atoms with Crippen LogP contribution in [0.4, 0.5) is 0 Å². The maximum absolute atomic E-state index is 11.3. The van der Waals surface area contributed by atoms with E-state index in [1.54, 1.807) is 24.3 Å². The van der Waals surface area contributed by atoms with E-state index in [1.807, 2.05) is 32.2 Å². The molecule has 4 rings (SSSR count). The minimum Gasteiger partial charge on any atom is -0.464 e. The molecule has 0 fully saturated rings. The highest BCUT2D eigenvalue weighted by Gasteiger charge is 2.27. The average molecular weight is 514 g/mol. The molecule has 3 atom stereocenters. The number of halogens is 2. The van der Waals surface area contributed by atoms with E-state index in [1.165, 1.54) is 16.7 Å². The van der Waals surface area contributed by atoms with Crippen LogP contribution in [-0.2, 0) is 9.53 Å². The molecule has 4 nitrogen and oxygen atoms in total. The highest BCUT2D eigenvalue weighted by Crippen LogP contribution is 2.42. The van der Waals surface area contributed by atoms with Crippen LogP contribution in [0.3, 0.4) is 0 Å². The van der Waals surface area contributed by atoms with Gasteiger partial charge in [-0.05, 0) is 60.7 Å². The normalized spacial score (nSPS) is 17.5. The van der Waals surface area contributed by atoms with E-state index in [4.69, 9.17) is 27.9 Å². The van der Waals surface area contributed by atoms with Gasteiger partial charge < -0.3 is 15.2 Å². The topological polar surface area (TPSA) is 58.6 Å². The van der Waals surface area contributed by atoms with Crippen molar-refractivity contribution in [2.75, 3.05) is 13.7 Å². The first-order valence-corrected chi connectivity index (χ1v) is 12.8. The van der Waals surface area contributed by atoms with E-state index >= 15 is 0 Å². The predicted octanol–water partition coefficient (Wildman–Crippen LogP) is 7.24. The van der Waals surface area contributed by atoms with Crippen molar-refractivity contribution in [2.24, 2.45) is 0 Å². The number of nitrogens with one attached hydrogen (secondary N) is 1. The monoisotopic (exact) mass is 513 g/mol. The van der Waals surface area contributed by atoms with E-state index < -0.39 is 12.1 Å². The fourth-order valence-corrected chi connectivity index (χ4v) is 4.64. The van der Waals surface area contributed by atoms with Gasteiger partial charge in [0.05, 0.1) is 16.7 Å². The number of ether oxygens (including phenoxy) is 1. The number of fused-ring (bicyclic) bond motifs is 1. The zero-order valence-electron chi connectivity index (χ0n) is 20.2. The number of hydrogen-bond acceptors (Lipinski definition) is 4. The summed E-state index contributed by atoms with van der Waals surface area (Å²) in [6.07, 6.45) is 2.89. The summed E-state index contributed by atoms with van der Waals surface area (Å²) in [4.78, 5) is 11.3. The van der Waals surface area contributed by atoms with Crippen molar-refractivity contribution in [3.8, 4) is 0 Å². The van der Waals surface area contributed by atoms with Crippen LogP contribution < -0.4 is 5.32 Å².